The predicted molar refractivity (Wildman–Crippen MR) is 114 cm³/mol. The van der Waals surface area contributed by atoms with E-state index >= 15 is 0 Å². The second kappa shape index (κ2) is 9.59. The molecule has 2 aromatic carbocycles. The van der Waals surface area contributed by atoms with Crippen LogP contribution in [0.25, 0.3) is 0 Å². The van der Waals surface area contributed by atoms with Crippen molar-refractivity contribution in [3.05, 3.63) is 64.9 Å². The molecule has 2 aromatic rings. The molecule has 0 unspecified atom stereocenters. The SMILES string of the molecule is CN(C)C1(Cc2ccccc2F)CCC(NC(=O)COc2cccc(Cl)c2)CC1. The number of amides is 1. The van der Waals surface area contributed by atoms with Crippen LogP contribution in [0.3, 0.4) is 0 Å². The zero-order valence-electron chi connectivity index (χ0n) is 17.0. The third-order valence-corrected chi connectivity index (χ3v) is 6.11. The minimum atomic E-state index is -0.151. The molecule has 0 spiro atoms. The van der Waals surface area contributed by atoms with Gasteiger partial charge in [-0.3, -0.25) is 4.79 Å². The molecule has 1 saturated carbocycles. The molecule has 0 atom stereocenters. The van der Waals surface area contributed by atoms with Crippen LogP contribution < -0.4 is 10.1 Å². The first-order valence-corrected chi connectivity index (χ1v) is 10.3. The molecule has 6 heteroatoms. The maximum Gasteiger partial charge on any atom is 0.258 e. The third kappa shape index (κ3) is 5.71. The molecule has 0 radical (unpaired) electrons. The standard InChI is InChI=1S/C23H28ClFN2O2/c1-27(2)23(15-17-6-3-4-9-21(17)25)12-10-19(11-13-23)26-22(28)16-29-20-8-5-7-18(24)14-20/h3-9,14,19H,10-13,15-16H2,1-2H3,(H,26,28). The van der Waals surface area contributed by atoms with Gasteiger partial charge in [-0.05, 0) is 76.0 Å². The fraction of sp³-hybridized carbons (Fsp3) is 0.435. The number of hydrogen-bond donors (Lipinski definition) is 1. The van der Waals surface area contributed by atoms with Crippen molar-refractivity contribution < 1.29 is 13.9 Å². The summed E-state index contributed by atoms with van der Waals surface area (Å²) < 4.78 is 19.7. The lowest BCUT2D eigenvalue weighted by Gasteiger charge is -2.45. The average molecular weight is 419 g/mol. The van der Waals surface area contributed by atoms with Gasteiger partial charge in [0.2, 0.25) is 0 Å². The zero-order valence-corrected chi connectivity index (χ0v) is 17.7. The molecule has 3 rings (SSSR count). The lowest BCUT2D eigenvalue weighted by Crippen LogP contribution is -2.52. The molecule has 1 fully saturated rings. The van der Waals surface area contributed by atoms with Gasteiger partial charge in [0.05, 0.1) is 0 Å². The van der Waals surface area contributed by atoms with E-state index in [1.165, 1.54) is 6.07 Å². The van der Waals surface area contributed by atoms with Gasteiger partial charge in [-0.1, -0.05) is 35.9 Å². The molecule has 4 nitrogen and oxygen atoms in total. The van der Waals surface area contributed by atoms with E-state index in [1.807, 2.05) is 12.1 Å². The highest BCUT2D eigenvalue weighted by Gasteiger charge is 2.38. The van der Waals surface area contributed by atoms with Crippen LogP contribution in [0.5, 0.6) is 5.75 Å². The summed E-state index contributed by atoms with van der Waals surface area (Å²) in [4.78, 5) is 14.5. The number of nitrogens with one attached hydrogen (secondary N) is 1. The second-order valence-corrected chi connectivity index (χ2v) is 8.41. The predicted octanol–water partition coefficient (Wildman–Crippen LogP) is 4.46. The summed E-state index contributed by atoms with van der Waals surface area (Å²) in [5, 5.41) is 3.64. The third-order valence-electron chi connectivity index (χ3n) is 5.87. The molecule has 0 heterocycles. The van der Waals surface area contributed by atoms with Crippen LogP contribution in [-0.4, -0.2) is 43.1 Å². The minimum Gasteiger partial charge on any atom is -0.484 e. The molecule has 1 aliphatic carbocycles. The van der Waals surface area contributed by atoms with Crippen molar-refractivity contribution in [3.63, 3.8) is 0 Å². The Bertz CT molecular complexity index is 835. The fourth-order valence-electron chi connectivity index (χ4n) is 4.05. The molecule has 1 amide bonds. The quantitative estimate of drug-likeness (QED) is 0.721. The van der Waals surface area contributed by atoms with Gasteiger partial charge in [0.1, 0.15) is 11.6 Å². The van der Waals surface area contributed by atoms with Crippen molar-refractivity contribution in [3.8, 4) is 5.75 Å². The normalized spacial score (nSPS) is 21.8. The van der Waals surface area contributed by atoms with E-state index in [9.17, 15) is 9.18 Å². The highest BCUT2D eigenvalue weighted by Crippen LogP contribution is 2.36. The van der Waals surface area contributed by atoms with Crippen LogP contribution in [0.15, 0.2) is 48.5 Å². The minimum absolute atomic E-state index is 0.0368. The summed E-state index contributed by atoms with van der Waals surface area (Å²) in [6.07, 6.45) is 4.18. The Morgan fingerprint density at radius 3 is 2.59 bits per heavy atom. The smallest absolute Gasteiger partial charge is 0.258 e. The summed E-state index contributed by atoms with van der Waals surface area (Å²) in [6.45, 7) is -0.0368. The number of rotatable bonds is 7. The largest absolute Gasteiger partial charge is 0.484 e. The van der Waals surface area contributed by atoms with Crippen LogP contribution in [-0.2, 0) is 11.2 Å². The van der Waals surface area contributed by atoms with Crippen LogP contribution in [0, 0.1) is 5.82 Å². The van der Waals surface area contributed by atoms with Gasteiger partial charge < -0.3 is 15.0 Å². The first-order valence-electron chi connectivity index (χ1n) is 9.96. The number of hydrogen-bond acceptors (Lipinski definition) is 3. The van der Waals surface area contributed by atoms with Crippen LogP contribution in [0.2, 0.25) is 5.02 Å². The summed E-state index contributed by atoms with van der Waals surface area (Å²) >= 11 is 5.93. The van der Waals surface area contributed by atoms with E-state index < -0.39 is 0 Å². The molecule has 1 N–H and O–H groups in total. The van der Waals surface area contributed by atoms with Gasteiger partial charge in [-0.25, -0.2) is 4.39 Å². The summed E-state index contributed by atoms with van der Waals surface area (Å²) in [5.74, 6) is 0.288. The first kappa shape index (κ1) is 21.6. The Labute approximate surface area is 177 Å². The van der Waals surface area contributed by atoms with Crippen molar-refractivity contribution in [1.29, 1.82) is 0 Å². The van der Waals surface area contributed by atoms with E-state index in [4.69, 9.17) is 16.3 Å². The highest BCUT2D eigenvalue weighted by atomic mass is 35.5. The van der Waals surface area contributed by atoms with E-state index in [-0.39, 0.29) is 29.9 Å². The average Bonchev–Trinajstić information content (AvgIpc) is 2.70. The molecule has 0 aromatic heterocycles. The van der Waals surface area contributed by atoms with Gasteiger partial charge in [0, 0.05) is 16.6 Å². The molecular formula is C23H28ClFN2O2. The molecule has 29 heavy (non-hydrogen) atoms. The van der Waals surface area contributed by atoms with Crippen LogP contribution in [0.4, 0.5) is 4.39 Å². The first-order chi connectivity index (χ1) is 13.9. The maximum atomic E-state index is 14.2. The van der Waals surface area contributed by atoms with Crippen molar-refractivity contribution in [2.24, 2.45) is 0 Å². The van der Waals surface area contributed by atoms with Gasteiger partial charge >= 0.3 is 0 Å². The summed E-state index contributed by atoms with van der Waals surface area (Å²) in [6, 6.07) is 14.1. The molecule has 156 valence electrons. The lowest BCUT2D eigenvalue weighted by atomic mass is 9.74. The number of likely N-dealkylation sites (N-methyl/N-ethyl adjacent to an activating group) is 1. The van der Waals surface area contributed by atoms with E-state index in [0.29, 0.717) is 17.2 Å². The Morgan fingerprint density at radius 2 is 1.93 bits per heavy atom. The van der Waals surface area contributed by atoms with Crippen molar-refractivity contribution in [1.82, 2.24) is 10.2 Å². The van der Waals surface area contributed by atoms with Gasteiger partial charge in [0.25, 0.3) is 5.91 Å². The number of nitrogens with zero attached hydrogens (tertiary/aromatic N) is 1. The Morgan fingerprint density at radius 1 is 1.21 bits per heavy atom. The van der Waals surface area contributed by atoms with Crippen LogP contribution in [0.1, 0.15) is 31.2 Å². The number of carbonyl (C=O) groups excluding carboxylic acids is 1. The molecule has 1 aliphatic rings. The summed E-state index contributed by atoms with van der Waals surface area (Å²) in [5.41, 5.74) is 0.652. The summed E-state index contributed by atoms with van der Waals surface area (Å²) in [7, 11) is 4.11. The molecule has 0 saturated heterocycles. The second-order valence-electron chi connectivity index (χ2n) is 7.97. The Hall–Kier alpha value is -2.11. The lowest BCUT2D eigenvalue weighted by molar-refractivity contribution is -0.124. The molecular weight excluding hydrogens is 391 g/mol. The zero-order chi connectivity index (χ0) is 20.9. The van der Waals surface area contributed by atoms with E-state index in [2.05, 4.69) is 24.3 Å². The van der Waals surface area contributed by atoms with Crippen molar-refractivity contribution in [2.75, 3.05) is 20.7 Å². The molecule has 0 bridgehead atoms. The topological polar surface area (TPSA) is 41.6 Å². The number of ether oxygens (including phenoxy) is 1. The van der Waals surface area contributed by atoms with Crippen LogP contribution >= 0.6 is 11.6 Å². The maximum absolute atomic E-state index is 14.2. The van der Waals surface area contributed by atoms with Gasteiger partial charge in [-0.2, -0.15) is 0 Å². The Kier molecular flexibility index (Phi) is 7.14. The number of benzene rings is 2. The van der Waals surface area contributed by atoms with Gasteiger partial charge in [0.15, 0.2) is 6.61 Å². The van der Waals surface area contributed by atoms with Crippen molar-refractivity contribution >= 4 is 17.5 Å². The van der Waals surface area contributed by atoms with Gasteiger partial charge in [-0.15, -0.1) is 0 Å². The monoisotopic (exact) mass is 418 g/mol. The fourth-order valence-corrected chi connectivity index (χ4v) is 4.23. The van der Waals surface area contributed by atoms with E-state index in [0.717, 1.165) is 31.2 Å². The number of carbonyl (C=O) groups is 1. The number of halogens is 2. The molecule has 0 aliphatic heterocycles. The Balaban J connectivity index is 1.52. The highest BCUT2D eigenvalue weighted by molar-refractivity contribution is 6.30. The van der Waals surface area contributed by atoms with E-state index in [1.54, 1.807) is 30.3 Å². The van der Waals surface area contributed by atoms with Crippen molar-refractivity contribution in [2.45, 2.75) is 43.7 Å².